The molecule has 0 aliphatic carbocycles. The predicted molar refractivity (Wildman–Crippen MR) is 71.4 cm³/mol. The van der Waals surface area contributed by atoms with Crippen LogP contribution in [0.15, 0.2) is 6.07 Å². The summed E-state index contributed by atoms with van der Waals surface area (Å²) in [7, 11) is 0. The van der Waals surface area contributed by atoms with Crippen LogP contribution in [0.25, 0.3) is 0 Å². The SMILES string of the molecule is CCCN(CC)c1nc(C)cc(C)c1CCl. The summed E-state index contributed by atoms with van der Waals surface area (Å²) >= 11 is 6.02. The molecule has 3 heteroatoms. The van der Waals surface area contributed by atoms with Crippen molar-refractivity contribution in [2.75, 3.05) is 18.0 Å². The lowest BCUT2D eigenvalue weighted by molar-refractivity contribution is 0.771. The van der Waals surface area contributed by atoms with Crippen LogP contribution in [0.1, 0.15) is 37.1 Å². The van der Waals surface area contributed by atoms with Crippen LogP contribution >= 0.6 is 11.6 Å². The van der Waals surface area contributed by atoms with Gasteiger partial charge in [0.25, 0.3) is 0 Å². The Morgan fingerprint density at radius 1 is 1.31 bits per heavy atom. The highest BCUT2D eigenvalue weighted by Crippen LogP contribution is 2.24. The number of alkyl halides is 1. The highest BCUT2D eigenvalue weighted by Gasteiger charge is 2.13. The average molecular weight is 241 g/mol. The van der Waals surface area contributed by atoms with Crippen molar-refractivity contribution < 1.29 is 0 Å². The molecule has 0 saturated carbocycles. The molecule has 0 atom stereocenters. The zero-order chi connectivity index (χ0) is 12.1. The third-order valence-electron chi connectivity index (χ3n) is 2.76. The Morgan fingerprint density at radius 2 is 2.00 bits per heavy atom. The molecular weight excluding hydrogens is 220 g/mol. The number of anilines is 1. The second-order valence-electron chi connectivity index (χ2n) is 4.10. The molecule has 0 aromatic carbocycles. The average Bonchev–Trinajstić information content (AvgIpc) is 2.25. The van der Waals surface area contributed by atoms with Gasteiger partial charge in [-0.25, -0.2) is 4.98 Å². The Kier molecular flexibility index (Phi) is 5.07. The van der Waals surface area contributed by atoms with E-state index in [1.54, 1.807) is 0 Å². The first-order valence-electron chi connectivity index (χ1n) is 5.92. The molecule has 0 bridgehead atoms. The lowest BCUT2D eigenvalue weighted by Gasteiger charge is -2.25. The first-order chi connectivity index (χ1) is 7.63. The number of aryl methyl sites for hydroxylation is 2. The van der Waals surface area contributed by atoms with Gasteiger partial charge in [-0.3, -0.25) is 0 Å². The number of pyridine rings is 1. The fraction of sp³-hybridized carbons (Fsp3) is 0.615. The van der Waals surface area contributed by atoms with Crippen LogP contribution in [0.5, 0.6) is 0 Å². The van der Waals surface area contributed by atoms with E-state index >= 15 is 0 Å². The van der Waals surface area contributed by atoms with Crippen molar-refractivity contribution in [2.45, 2.75) is 40.0 Å². The van der Waals surface area contributed by atoms with Crippen LogP contribution in [-0.2, 0) is 5.88 Å². The van der Waals surface area contributed by atoms with E-state index in [1.165, 1.54) is 11.1 Å². The fourth-order valence-corrected chi connectivity index (χ4v) is 2.28. The van der Waals surface area contributed by atoms with Gasteiger partial charge in [0.15, 0.2) is 0 Å². The van der Waals surface area contributed by atoms with Gasteiger partial charge in [-0.1, -0.05) is 6.92 Å². The van der Waals surface area contributed by atoms with E-state index in [4.69, 9.17) is 11.6 Å². The maximum absolute atomic E-state index is 6.02. The molecule has 2 nitrogen and oxygen atoms in total. The van der Waals surface area contributed by atoms with Gasteiger partial charge in [-0.05, 0) is 38.8 Å². The Hall–Kier alpha value is -0.760. The zero-order valence-corrected chi connectivity index (χ0v) is 11.4. The standard InChI is InChI=1S/C13H21ClN2/c1-5-7-16(6-2)13-12(9-14)10(3)8-11(4)15-13/h8H,5-7,9H2,1-4H3. The smallest absolute Gasteiger partial charge is 0.133 e. The number of rotatable bonds is 5. The molecule has 0 radical (unpaired) electrons. The number of hydrogen-bond acceptors (Lipinski definition) is 2. The Labute approximate surface area is 104 Å². The van der Waals surface area contributed by atoms with Crippen molar-refractivity contribution in [1.82, 2.24) is 4.98 Å². The number of nitrogens with zero attached hydrogens (tertiary/aromatic N) is 2. The van der Waals surface area contributed by atoms with Crippen molar-refractivity contribution in [3.8, 4) is 0 Å². The van der Waals surface area contributed by atoms with Gasteiger partial charge in [0.2, 0.25) is 0 Å². The van der Waals surface area contributed by atoms with Crippen molar-refractivity contribution in [2.24, 2.45) is 0 Å². The van der Waals surface area contributed by atoms with Gasteiger partial charge < -0.3 is 4.90 Å². The zero-order valence-electron chi connectivity index (χ0n) is 10.7. The minimum absolute atomic E-state index is 0.536. The fourth-order valence-electron chi connectivity index (χ4n) is 1.95. The third kappa shape index (κ3) is 2.88. The van der Waals surface area contributed by atoms with Crippen LogP contribution in [-0.4, -0.2) is 18.1 Å². The molecule has 16 heavy (non-hydrogen) atoms. The molecule has 1 rings (SSSR count). The summed E-state index contributed by atoms with van der Waals surface area (Å²) < 4.78 is 0. The van der Waals surface area contributed by atoms with E-state index in [0.29, 0.717) is 5.88 Å². The van der Waals surface area contributed by atoms with E-state index in [-0.39, 0.29) is 0 Å². The lowest BCUT2D eigenvalue weighted by Crippen LogP contribution is -2.26. The summed E-state index contributed by atoms with van der Waals surface area (Å²) in [5.74, 6) is 1.60. The molecule has 0 fully saturated rings. The van der Waals surface area contributed by atoms with Crippen molar-refractivity contribution in [3.63, 3.8) is 0 Å². The molecule has 0 spiro atoms. The minimum Gasteiger partial charge on any atom is -0.357 e. The summed E-state index contributed by atoms with van der Waals surface area (Å²) in [6.45, 7) is 10.5. The van der Waals surface area contributed by atoms with Crippen LogP contribution in [0.3, 0.4) is 0 Å². The molecule has 0 saturated heterocycles. The molecule has 1 aromatic heterocycles. The van der Waals surface area contributed by atoms with E-state index < -0.39 is 0 Å². The van der Waals surface area contributed by atoms with E-state index in [0.717, 1.165) is 31.0 Å². The second-order valence-corrected chi connectivity index (χ2v) is 4.36. The number of aromatic nitrogens is 1. The summed E-state index contributed by atoms with van der Waals surface area (Å²) in [5, 5.41) is 0. The van der Waals surface area contributed by atoms with E-state index in [1.807, 2.05) is 6.92 Å². The first kappa shape index (κ1) is 13.3. The summed E-state index contributed by atoms with van der Waals surface area (Å²) in [4.78, 5) is 6.94. The summed E-state index contributed by atoms with van der Waals surface area (Å²) in [6.07, 6.45) is 1.13. The Morgan fingerprint density at radius 3 is 2.50 bits per heavy atom. The van der Waals surface area contributed by atoms with Crippen LogP contribution in [0, 0.1) is 13.8 Å². The number of hydrogen-bond donors (Lipinski definition) is 0. The molecule has 1 heterocycles. The molecular formula is C13H21ClN2. The quantitative estimate of drug-likeness (QED) is 0.730. The minimum atomic E-state index is 0.536. The normalized spacial score (nSPS) is 10.6. The summed E-state index contributed by atoms with van der Waals surface area (Å²) in [5.41, 5.74) is 3.48. The van der Waals surface area contributed by atoms with Crippen molar-refractivity contribution >= 4 is 17.4 Å². The lowest BCUT2D eigenvalue weighted by atomic mass is 10.1. The number of halogens is 1. The van der Waals surface area contributed by atoms with Crippen LogP contribution < -0.4 is 4.90 Å². The maximum atomic E-state index is 6.02. The van der Waals surface area contributed by atoms with Gasteiger partial charge in [0.1, 0.15) is 5.82 Å². The van der Waals surface area contributed by atoms with Gasteiger partial charge in [-0.15, -0.1) is 11.6 Å². The largest absolute Gasteiger partial charge is 0.357 e. The first-order valence-corrected chi connectivity index (χ1v) is 6.45. The van der Waals surface area contributed by atoms with Crippen LogP contribution in [0.4, 0.5) is 5.82 Å². The molecule has 0 N–H and O–H groups in total. The summed E-state index contributed by atoms with van der Waals surface area (Å²) in [6, 6.07) is 2.10. The van der Waals surface area contributed by atoms with Gasteiger partial charge >= 0.3 is 0 Å². The molecule has 0 amide bonds. The highest BCUT2D eigenvalue weighted by atomic mass is 35.5. The molecule has 0 aliphatic heterocycles. The molecule has 1 aromatic rings. The van der Waals surface area contributed by atoms with Crippen molar-refractivity contribution in [3.05, 3.63) is 22.9 Å². The highest BCUT2D eigenvalue weighted by molar-refractivity contribution is 6.17. The molecule has 0 aliphatic rings. The van der Waals surface area contributed by atoms with Gasteiger partial charge in [-0.2, -0.15) is 0 Å². The van der Waals surface area contributed by atoms with Crippen molar-refractivity contribution in [1.29, 1.82) is 0 Å². The third-order valence-corrected chi connectivity index (χ3v) is 3.03. The predicted octanol–water partition coefficient (Wildman–Crippen LogP) is 3.67. The van der Waals surface area contributed by atoms with Gasteiger partial charge in [0, 0.05) is 24.3 Å². The van der Waals surface area contributed by atoms with E-state index in [9.17, 15) is 0 Å². The molecule has 0 unspecified atom stereocenters. The topological polar surface area (TPSA) is 16.1 Å². The molecule has 90 valence electrons. The maximum Gasteiger partial charge on any atom is 0.133 e. The van der Waals surface area contributed by atoms with Gasteiger partial charge in [0.05, 0.1) is 5.88 Å². The van der Waals surface area contributed by atoms with E-state index in [2.05, 4.69) is 36.7 Å². The Bertz CT molecular complexity index is 350. The Balaban J connectivity index is 3.17. The van der Waals surface area contributed by atoms with Crippen LogP contribution in [0.2, 0.25) is 0 Å². The second kappa shape index (κ2) is 6.09. The monoisotopic (exact) mass is 240 g/mol.